The van der Waals surface area contributed by atoms with Crippen molar-refractivity contribution >= 4 is 22.0 Å². The molecule has 0 radical (unpaired) electrons. The number of nitrogens with one attached hydrogen (secondary N) is 2. The van der Waals surface area contributed by atoms with Gasteiger partial charge in [-0.1, -0.05) is 24.3 Å². The average Bonchev–Trinajstić information content (AvgIpc) is 2.77. The molecule has 0 aliphatic carbocycles. The van der Waals surface area contributed by atoms with Crippen LogP contribution in [0.2, 0.25) is 0 Å². The van der Waals surface area contributed by atoms with Crippen LogP contribution in [0.25, 0.3) is 11.1 Å². The molecule has 184 valence electrons. The van der Waals surface area contributed by atoms with Crippen molar-refractivity contribution in [1.82, 2.24) is 10.0 Å². The number of ether oxygens (including phenoxy) is 2. The van der Waals surface area contributed by atoms with Gasteiger partial charge in [-0.25, -0.2) is 17.9 Å². The van der Waals surface area contributed by atoms with Crippen LogP contribution in [-0.2, 0) is 10.0 Å². The number of amides is 3. The van der Waals surface area contributed by atoms with Gasteiger partial charge in [0.15, 0.2) is 0 Å². The third-order valence-corrected chi connectivity index (χ3v) is 6.07. The SMILES string of the molecule is COc1ccc(-c2cccc(Oc3ccc(C(N)=O)cc3S(=O)(=O)NC(=O)NC(C)(C)C)c2)cc1. The van der Waals surface area contributed by atoms with Gasteiger partial charge in [0.25, 0.3) is 10.0 Å². The Morgan fingerprint density at radius 3 is 2.17 bits per heavy atom. The second-order valence-electron chi connectivity index (χ2n) is 8.69. The molecule has 3 aromatic rings. The van der Waals surface area contributed by atoms with E-state index in [-0.39, 0.29) is 11.3 Å². The number of sulfonamides is 1. The molecular weight excluding hydrogens is 470 g/mol. The molecule has 10 heteroatoms. The highest BCUT2D eigenvalue weighted by molar-refractivity contribution is 7.90. The fraction of sp³-hybridized carbons (Fsp3) is 0.200. The summed E-state index contributed by atoms with van der Waals surface area (Å²) >= 11 is 0. The summed E-state index contributed by atoms with van der Waals surface area (Å²) in [6.45, 7) is 5.12. The summed E-state index contributed by atoms with van der Waals surface area (Å²) in [7, 11) is -2.83. The summed E-state index contributed by atoms with van der Waals surface area (Å²) < 4.78 is 39.1. The van der Waals surface area contributed by atoms with Crippen LogP contribution in [-0.4, -0.2) is 33.0 Å². The number of primary amides is 1. The van der Waals surface area contributed by atoms with Crippen LogP contribution < -0.4 is 25.2 Å². The molecule has 0 heterocycles. The van der Waals surface area contributed by atoms with E-state index in [1.807, 2.05) is 35.1 Å². The van der Waals surface area contributed by atoms with Crippen LogP contribution in [0, 0.1) is 0 Å². The van der Waals surface area contributed by atoms with Crippen LogP contribution in [0.5, 0.6) is 17.2 Å². The van der Waals surface area contributed by atoms with Crippen molar-refractivity contribution in [2.45, 2.75) is 31.2 Å². The molecule has 35 heavy (non-hydrogen) atoms. The predicted octanol–water partition coefficient (Wildman–Crippen LogP) is 4.04. The first kappa shape index (κ1) is 25.6. The summed E-state index contributed by atoms with van der Waals surface area (Å²) in [6, 6.07) is 17.2. The molecule has 3 rings (SSSR count). The first-order valence-corrected chi connectivity index (χ1v) is 12.1. The Morgan fingerprint density at radius 1 is 0.886 bits per heavy atom. The van der Waals surface area contributed by atoms with Gasteiger partial charge in [-0.2, -0.15) is 0 Å². The van der Waals surface area contributed by atoms with Crippen molar-refractivity contribution in [1.29, 1.82) is 0 Å². The Bertz CT molecular complexity index is 1350. The van der Waals surface area contributed by atoms with E-state index in [9.17, 15) is 18.0 Å². The van der Waals surface area contributed by atoms with Gasteiger partial charge in [0.2, 0.25) is 5.91 Å². The molecule has 0 aromatic heterocycles. The molecule has 4 N–H and O–H groups in total. The van der Waals surface area contributed by atoms with E-state index in [1.54, 1.807) is 46.1 Å². The van der Waals surface area contributed by atoms with Gasteiger partial charge in [0, 0.05) is 11.1 Å². The van der Waals surface area contributed by atoms with E-state index in [4.69, 9.17) is 15.2 Å². The summed E-state index contributed by atoms with van der Waals surface area (Å²) in [5.74, 6) is 0.154. The second-order valence-corrected chi connectivity index (χ2v) is 10.3. The van der Waals surface area contributed by atoms with Crippen LogP contribution in [0.15, 0.2) is 71.6 Å². The van der Waals surface area contributed by atoms with E-state index in [1.165, 1.54) is 12.1 Å². The molecule has 0 bridgehead atoms. The number of carbonyl (C=O) groups excluding carboxylic acids is 2. The van der Waals surface area contributed by atoms with E-state index in [0.29, 0.717) is 11.5 Å². The molecule has 0 fully saturated rings. The van der Waals surface area contributed by atoms with E-state index < -0.39 is 32.4 Å². The molecule has 0 saturated heterocycles. The lowest BCUT2D eigenvalue weighted by Gasteiger charge is -2.21. The molecule has 9 nitrogen and oxygen atoms in total. The van der Waals surface area contributed by atoms with Gasteiger partial charge in [-0.05, 0) is 74.4 Å². The maximum atomic E-state index is 13.0. The Labute approximate surface area is 204 Å². The van der Waals surface area contributed by atoms with Crippen LogP contribution in [0.4, 0.5) is 4.79 Å². The van der Waals surface area contributed by atoms with E-state index in [2.05, 4.69) is 5.32 Å². The topological polar surface area (TPSA) is 137 Å². The van der Waals surface area contributed by atoms with Gasteiger partial charge >= 0.3 is 6.03 Å². The first-order valence-electron chi connectivity index (χ1n) is 10.6. The Hall–Kier alpha value is -4.05. The van der Waals surface area contributed by atoms with Crippen molar-refractivity contribution in [3.8, 4) is 28.4 Å². The third-order valence-electron chi connectivity index (χ3n) is 4.72. The zero-order valence-electron chi connectivity index (χ0n) is 19.8. The Balaban J connectivity index is 1.96. The number of methoxy groups -OCH3 is 1. The average molecular weight is 498 g/mol. The Morgan fingerprint density at radius 2 is 1.57 bits per heavy atom. The molecule has 3 amide bonds. The first-order chi connectivity index (χ1) is 16.4. The largest absolute Gasteiger partial charge is 0.497 e. The minimum atomic E-state index is -4.42. The van der Waals surface area contributed by atoms with E-state index in [0.717, 1.165) is 17.2 Å². The number of rotatable bonds is 7. The van der Waals surface area contributed by atoms with Gasteiger partial charge < -0.3 is 20.5 Å². The minimum Gasteiger partial charge on any atom is -0.497 e. The number of nitrogens with two attached hydrogens (primary N) is 1. The number of hydrogen-bond acceptors (Lipinski definition) is 6. The maximum Gasteiger partial charge on any atom is 0.329 e. The molecule has 3 aromatic carbocycles. The third kappa shape index (κ3) is 6.73. The van der Waals surface area contributed by atoms with Crippen molar-refractivity contribution in [2.75, 3.05) is 7.11 Å². The summed E-state index contributed by atoms with van der Waals surface area (Å²) in [6.07, 6.45) is 0. The van der Waals surface area contributed by atoms with Crippen molar-refractivity contribution in [2.24, 2.45) is 5.73 Å². The van der Waals surface area contributed by atoms with Crippen molar-refractivity contribution in [3.63, 3.8) is 0 Å². The summed E-state index contributed by atoms with van der Waals surface area (Å²) in [5.41, 5.74) is 6.33. The lowest BCUT2D eigenvalue weighted by molar-refractivity contribution is 0.1000. The highest BCUT2D eigenvalue weighted by atomic mass is 32.2. The standard InChI is InChI=1S/C25H27N3O6S/c1-25(2,3)27-24(30)28-35(31,32)22-15-18(23(26)29)10-13-21(22)34-20-7-5-6-17(14-20)16-8-11-19(33-4)12-9-16/h5-15H,1-4H3,(H2,26,29)(H2,27,28,30). The molecule has 0 atom stereocenters. The van der Waals surface area contributed by atoms with Crippen LogP contribution in [0.1, 0.15) is 31.1 Å². The molecule has 0 spiro atoms. The molecule has 0 aliphatic rings. The summed E-state index contributed by atoms with van der Waals surface area (Å²) in [4.78, 5) is 23.5. The van der Waals surface area contributed by atoms with Crippen molar-refractivity contribution in [3.05, 3.63) is 72.3 Å². The molecule has 0 aliphatic heterocycles. The highest BCUT2D eigenvalue weighted by Crippen LogP contribution is 2.32. The normalized spacial score (nSPS) is 11.4. The molecule has 0 saturated carbocycles. The molecular formula is C25H27N3O6S. The van der Waals surface area contributed by atoms with Gasteiger partial charge in [0.1, 0.15) is 22.1 Å². The lowest BCUT2D eigenvalue weighted by Crippen LogP contribution is -2.48. The van der Waals surface area contributed by atoms with Gasteiger partial charge in [-0.3, -0.25) is 4.79 Å². The number of hydrogen-bond donors (Lipinski definition) is 3. The Kier molecular flexibility index (Phi) is 7.35. The number of urea groups is 1. The number of benzene rings is 3. The van der Waals surface area contributed by atoms with Crippen molar-refractivity contribution < 1.29 is 27.5 Å². The highest BCUT2D eigenvalue weighted by Gasteiger charge is 2.26. The fourth-order valence-electron chi connectivity index (χ4n) is 3.15. The number of carbonyl (C=O) groups is 2. The van der Waals surface area contributed by atoms with Gasteiger partial charge in [-0.15, -0.1) is 0 Å². The predicted molar refractivity (Wildman–Crippen MR) is 132 cm³/mol. The minimum absolute atomic E-state index is 0.0547. The van der Waals surface area contributed by atoms with Crippen LogP contribution >= 0.6 is 0 Å². The van der Waals surface area contributed by atoms with Crippen LogP contribution in [0.3, 0.4) is 0 Å². The van der Waals surface area contributed by atoms with Gasteiger partial charge in [0.05, 0.1) is 7.11 Å². The smallest absolute Gasteiger partial charge is 0.329 e. The van der Waals surface area contributed by atoms with E-state index >= 15 is 0 Å². The fourth-order valence-corrected chi connectivity index (χ4v) is 4.21. The maximum absolute atomic E-state index is 13.0. The zero-order chi connectivity index (χ0) is 25.8. The summed E-state index contributed by atoms with van der Waals surface area (Å²) in [5, 5.41) is 2.51. The zero-order valence-corrected chi connectivity index (χ0v) is 20.6. The second kappa shape index (κ2) is 10.1. The lowest BCUT2D eigenvalue weighted by atomic mass is 10.1. The molecule has 0 unspecified atom stereocenters. The quantitative estimate of drug-likeness (QED) is 0.451. The monoisotopic (exact) mass is 497 g/mol.